The van der Waals surface area contributed by atoms with E-state index >= 15 is 0 Å². The number of rotatable bonds is 1. The lowest BCUT2D eigenvalue weighted by molar-refractivity contribution is -0.123. The lowest BCUT2D eigenvalue weighted by atomic mass is 10.0. The third-order valence-corrected chi connectivity index (χ3v) is 2.60. The van der Waals surface area contributed by atoms with Crippen LogP contribution in [0.25, 0.3) is 0 Å². The van der Waals surface area contributed by atoms with Crippen molar-refractivity contribution in [1.82, 2.24) is 10.2 Å². The Hall–Kier alpha value is -0.610. The minimum Gasteiger partial charge on any atom is -0.368 e. The summed E-state index contributed by atoms with van der Waals surface area (Å²) in [6, 6.07) is 0.590. The molecule has 2 aliphatic heterocycles. The lowest BCUT2D eigenvalue weighted by Crippen LogP contribution is -2.46. The van der Waals surface area contributed by atoms with Crippen molar-refractivity contribution in [1.29, 1.82) is 0 Å². The van der Waals surface area contributed by atoms with E-state index in [4.69, 9.17) is 5.73 Å². The van der Waals surface area contributed by atoms with E-state index < -0.39 is 0 Å². The van der Waals surface area contributed by atoms with E-state index in [9.17, 15) is 4.79 Å². The molecule has 1 amide bonds. The highest BCUT2D eigenvalue weighted by Crippen LogP contribution is 2.20. The number of carbonyl (C=O) groups is 1. The molecule has 0 aromatic heterocycles. The fourth-order valence-corrected chi connectivity index (χ4v) is 1.95. The Morgan fingerprint density at radius 3 is 3.09 bits per heavy atom. The SMILES string of the molecule is NC(=O)[C@H]1CC[C@H]2CN1CN2. The molecule has 2 fully saturated rings. The van der Waals surface area contributed by atoms with Crippen LogP contribution < -0.4 is 11.1 Å². The molecular weight excluding hydrogens is 142 g/mol. The molecule has 11 heavy (non-hydrogen) atoms. The van der Waals surface area contributed by atoms with Gasteiger partial charge in [0, 0.05) is 19.3 Å². The van der Waals surface area contributed by atoms with Crippen molar-refractivity contribution in [3.05, 3.63) is 0 Å². The summed E-state index contributed by atoms with van der Waals surface area (Å²) < 4.78 is 0. The summed E-state index contributed by atoms with van der Waals surface area (Å²) in [5.74, 6) is -0.174. The molecule has 4 nitrogen and oxygen atoms in total. The van der Waals surface area contributed by atoms with Gasteiger partial charge in [-0.25, -0.2) is 0 Å². The third kappa shape index (κ3) is 1.12. The van der Waals surface area contributed by atoms with Gasteiger partial charge < -0.3 is 11.1 Å². The quantitative estimate of drug-likeness (QED) is 0.503. The zero-order valence-electron chi connectivity index (χ0n) is 6.42. The van der Waals surface area contributed by atoms with Crippen molar-refractivity contribution in [3.63, 3.8) is 0 Å². The summed E-state index contributed by atoms with van der Waals surface area (Å²) in [7, 11) is 0. The van der Waals surface area contributed by atoms with Crippen molar-refractivity contribution in [2.45, 2.75) is 24.9 Å². The molecule has 62 valence electrons. The Kier molecular flexibility index (Phi) is 1.58. The minimum atomic E-state index is -0.174. The highest BCUT2D eigenvalue weighted by Gasteiger charge is 2.35. The van der Waals surface area contributed by atoms with Crippen LogP contribution in [0.2, 0.25) is 0 Å². The molecule has 2 heterocycles. The Bertz CT molecular complexity index is 183. The largest absolute Gasteiger partial charge is 0.368 e. The first kappa shape index (κ1) is 7.06. The summed E-state index contributed by atoms with van der Waals surface area (Å²) in [4.78, 5) is 13.0. The van der Waals surface area contributed by atoms with Crippen LogP contribution in [0.5, 0.6) is 0 Å². The van der Waals surface area contributed by atoms with E-state index in [1.165, 1.54) is 0 Å². The van der Waals surface area contributed by atoms with Gasteiger partial charge in [-0.3, -0.25) is 9.69 Å². The first-order valence-electron chi connectivity index (χ1n) is 4.04. The molecule has 0 aromatic carbocycles. The van der Waals surface area contributed by atoms with Gasteiger partial charge in [-0.2, -0.15) is 0 Å². The van der Waals surface area contributed by atoms with Crippen molar-refractivity contribution in [3.8, 4) is 0 Å². The molecule has 0 spiro atoms. The standard InChI is InChI=1S/C7H13N3O/c8-7(11)6-2-1-5-3-10(6)4-9-5/h5-6,9H,1-4H2,(H2,8,11)/t5-,6+/m0/s1. The number of nitrogens with two attached hydrogens (primary N) is 1. The zero-order valence-corrected chi connectivity index (χ0v) is 6.42. The van der Waals surface area contributed by atoms with Crippen LogP contribution in [-0.4, -0.2) is 36.1 Å². The molecule has 0 aromatic rings. The number of fused-ring (bicyclic) bond motifs is 2. The second-order valence-corrected chi connectivity index (χ2v) is 3.33. The Morgan fingerprint density at radius 1 is 1.55 bits per heavy atom. The molecule has 0 aliphatic carbocycles. The monoisotopic (exact) mass is 155 g/mol. The normalized spacial score (nSPS) is 42.4. The van der Waals surface area contributed by atoms with Gasteiger partial charge in [-0.05, 0) is 12.8 Å². The second kappa shape index (κ2) is 2.46. The molecule has 3 atom stereocenters. The van der Waals surface area contributed by atoms with Crippen LogP contribution in [0, 0.1) is 0 Å². The van der Waals surface area contributed by atoms with E-state index in [-0.39, 0.29) is 11.9 Å². The second-order valence-electron chi connectivity index (χ2n) is 3.33. The van der Waals surface area contributed by atoms with Gasteiger partial charge in [0.2, 0.25) is 5.91 Å². The number of piperidine rings is 1. The first-order chi connectivity index (χ1) is 5.27. The topological polar surface area (TPSA) is 58.4 Å². The summed E-state index contributed by atoms with van der Waals surface area (Å²) in [6.45, 7) is 1.83. The van der Waals surface area contributed by atoms with E-state index in [1.54, 1.807) is 0 Å². The van der Waals surface area contributed by atoms with Crippen molar-refractivity contribution in [2.75, 3.05) is 13.2 Å². The molecule has 1 unspecified atom stereocenters. The van der Waals surface area contributed by atoms with Crippen LogP contribution in [0.3, 0.4) is 0 Å². The van der Waals surface area contributed by atoms with Crippen molar-refractivity contribution >= 4 is 5.91 Å². The van der Waals surface area contributed by atoms with Crippen molar-refractivity contribution in [2.24, 2.45) is 5.73 Å². The average Bonchev–Trinajstić information content (AvgIpc) is 2.32. The smallest absolute Gasteiger partial charge is 0.234 e. The fourth-order valence-electron chi connectivity index (χ4n) is 1.95. The minimum absolute atomic E-state index is 0.0127. The number of amides is 1. The van der Waals surface area contributed by atoms with Gasteiger partial charge in [0.1, 0.15) is 0 Å². The maximum atomic E-state index is 10.9. The summed E-state index contributed by atoms with van der Waals surface area (Å²) in [5.41, 5.74) is 5.24. The van der Waals surface area contributed by atoms with Gasteiger partial charge in [-0.1, -0.05) is 0 Å². The summed E-state index contributed by atoms with van der Waals surface area (Å²) >= 11 is 0. The number of nitrogens with zero attached hydrogens (tertiary/aromatic N) is 1. The average molecular weight is 155 g/mol. The first-order valence-corrected chi connectivity index (χ1v) is 4.04. The molecule has 0 saturated carbocycles. The predicted octanol–water partition coefficient (Wildman–Crippen LogP) is -1.13. The predicted molar refractivity (Wildman–Crippen MR) is 40.7 cm³/mol. The molecule has 2 rings (SSSR count). The Labute approximate surface area is 65.7 Å². The van der Waals surface area contributed by atoms with Gasteiger partial charge >= 0.3 is 0 Å². The number of carbonyl (C=O) groups excluding carboxylic acids is 1. The highest BCUT2D eigenvalue weighted by atomic mass is 16.1. The van der Waals surface area contributed by atoms with Gasteiger partial charge in [-0.15, -0.1) is 0 Å². The Morgan fingerprint density at radius 2 is 2.36 bits per heavy atom. The van der Waals surface area contributed by atoms with Crippen LogP contribution in [-0.2, 0) is 4.79 Å². The maximum absolute atomic E-state index is 10.9. The van der Waals surface area contributed by atoms with Crippen molar-refractivity contribution < 1.29 is 4.79 Å². The highest BCUT2D eigenvalue weighted by molar-refractivity contribution is 5.80. The number of nitrogens with one attached hydrogen (secondary N) is 1. The third-order valence-electron chi connectivity index (χ3n) is 2.60. The number of hydrogen-bond acceptors (Lipinski definition) is 3. The van der Waals surface area contributed by atoms with Gasteiger partial charge in [0.25, 0.3) is 0 Å². The molecular formula is C7H13N3O. The van der Waals surface area contributed by atoms with Crippen LogP contribution in [0.1, 0.15) is 12.8 Å². The fraction of sp³-hybridized carbons (Fsp3) is 0.857. The van der Waals surface area contributed by atoms with E-state index in [0.29, 0.717) is 6.04 Å². The van der Waals surface area contributed by atoms with Gasteiger partial charge in [0.15, 0.2) is 0 Å². The molecule has 2 aliphatic rings. The molecule has 2 bridgehead atoms. The van der Waals surface area contributed by atoms with Crippen LogP contribution in [0.4, 0.5) is 0 Å². The molecule has 0 radical (unpaired) electrons. The summed E-state index contributed by atoms with van der Waals surface area (Å²) in [5, 5.41) is 3.32. The van der Waals surface area contributed by atoms with Crippen LogP contribution in [0.15, 0.2) is 0 Å². The van der Waals surface area contributed by atoms with E-state index in [2.05, 4.69) is 10.2 Å². The van der Waals surface area contributed by atoms with E-state index in [0.717, 1.165) is 26.1 Å². The Balaban J connectivity index is 2.07. The van der Waals surface area contributed by atoms with E-state index in [1.807, 2.05) is 0 Å². The lowest BCUT2D eigenvalue weighted by Gasteiger charge is -2.28. The summed E-state index contributed by atoms with van der Waals surface area (Å²) in [6.07, 6.45) is 2.01. The zero-order chi connectivity index (χ0) is 7.84. The number of hydrogen-bond donors (Lipinski definition) is 2. The number of primary amides is 1. The maximum Gasteiger partial charge on any atom is 0.234 e. The van der Waals surface area contributed by atoms with Gasteiger partial charge in [0.05, 0.1) is 6.04 Å². The molecule has 4 heteroatoms. The molecule has 2 saturated heterocycles. The van der Waals surface area contributed by atoms with Crippen LogP contribution >= 0.6 is 0 Å². The molecule has 3 N–H and O–H groups in total.